The third-order valence-electron chi connectivity index (χ3n) is 2.64. The second-order valence-electron chi connectivity index (χ2n) is 3.98. The number of nitrogens with one attached hydrogen (secondary N) is 1. The van der Waals surface area contributed by atoms with Crippen LogP contribution in [-0.2, 0) is 9.47 Å². The molecule has 8 heteroatoms. The Morgan fingerprint density at radius 3 is 2.45 bits per heavy atom. The lowest BCUT2D eigenvalue weighted by Gasteiger charge is -2.22. The van der Waals surface area contributed by atoms with E-state index in [0.717, 1.165) is 0 Å². The van der Waals surface area contributed by atoms with E-state index in [1.165, 1.54) is 12.3 Å². The van der Waals surface area contributed by atoms with Crippen molar-refractivity contribution in [2.75, 3.05) is 45.9 Å². The quantitative estimate of drug-likeness (QED) is 0.544. The fraction of sp³-hybridized carbons (Fsp3) is 0.500. The summed E-state index contributed by atoms with van der Waals surface area (Å²) >= 11 is 5.96. The van der Waals surface area contributed by atoms with Gasteiger partial charge in [-0.25, -0.2) is 10.8 Å². The van der Waals surface area contributed by atoms with E-state index in [9.17, 15) is 4.79 Å². The number of halogens is 1. The van der Waals surface area contributed by atoms with E-state index in [2.05, 4.69) is 10.4 Å². The number of carbonyl (C=O) groups is 1. The number of methoxy groups -OCH3 is 2. The van der Waals surface area contributed by atoms with Gasteiger partial charge in [-0.3, -0.25) is 4.79 Å². The van der Waals surface area contributed by atoms with Gasteiger partial charge in [0.25, 0.3) is 5.91 Å². The van der Waals surface area contributed by atoms with E-state index in [0.29, 0.717) is 37.7 Å². The number of hydrogen-bond acceptors (Lipinski definition) is 6. The Labute approximate surface area is 123 Å². The molecule has 1 aromatic rings. The van der Waals surface area contributed by atoms with Crippen LogP contribution in [0.15, 0.2) is 12.3 Å². The third-order valence-corrected chi connectivity index (χ3v) is 2.93. The average molecular weight is 303 g/mol. The molecule has 20 heavy (non-hydrogen) atoms. The average Bonchev–Trinajstić information content (AvgIpc) is 2.46. The highest BCUT2D eigenvalue weighted by atomic mass is 35.5. The van der Waals surface area contributed by atoms with Crippen LogP contribution in [0.3, 0.4) is 0 Å². The molecule has 0 saturated carbocycles. The van der Waals surface area contributed by atoms with Crippen LogP contribution < -0.4 is 11.3 Å². The Morgan fingerprint density at radius 2 is 2.00 bits per heavy atom. The lowest BCUT2D eigenvalue weighted by molar-refractivity contribution is 0.0627. The van der Waals surface area contributed by atoms with Gasteiger partial charge in [0.1, 0.15) is 0 Å². The van der Waals surface area contributed by atoms with Crippen LogP contribution >= 0.6 is 11.6 Å². The van der Waals surface area contributed by atoms with E-state index < -0.39 is 0 Å². The van der Waals surface area contributed by atoms with Gasteiger partial charge in [0.05, 0.1) is 23.8 Å². The SMILES string of the molecule is COCCN(CCOC)C(=O)c1cnc(NN)c(Cl)c1. The van der Waals surface area contributed by atoms with Crippen molar-refractivity contribution in [1.82, 2.24) is 9.88 Å². The minimum atomic E-state index is -0.183. The minimum Gasteiger partial charge on any atom is -0.383 e. The first-order chi connectivity index (χ1) is 9.63. The molecule has 0 atom stereocenters. The first-order valence-electron chi connectivity index (χ1n) is 6.03. The Morgan fingerprint density at radius 1 is 1.40 bits per heavy atom. The monoisotopic (exact) mass is 302 g/mol. The Kier molecular flexibility index (Phi) is 7.24. The van der Waals surface area contributed by atoms with Crippen molar-refractivity contribution in [3.05, 3.63) is 22.8 Å². The number of nitrogens with two attached hydrogens (primary N) is 1. The predicted molar refractivity (Wildman–Crippen MR) is 76.7 cm³/mol. The summed E-state index contributed by atoms with van der Waals surface area (Å²) in [5, 5.41) is 0.289. The second-order valence-corrected chi connectivity index (χ2v) is 4.38. The molecule has 0 saturated heterocycles. The molecule has 0 bridgehead atoms. The van der Waals surface area contributed by atoms with Crippen LogP contribution in [0.4, 0.5) is 5.82 Å². The number of hydrazine groups is 1. The summed E-state index contributed by atoms with van der Waals surface area (Å²) in [5.41, 5.74) is 2.74. The van der Waals surface area contributed by atoms with Gasteiger partial charge in [0, 0.05) is 33.5 Å². The molecule has 1 rings (SSSR count). The molecule has 1 heterocycles. The molecule has 0 radical (unpaired) electrons. The van der Waals surface area contributed by atoms with Crippen LogP contribution in [0.1, 0.15) is 10.4 Å². The van der Waals surface area contributed by atoms with Crippen molar-refractivity contribution < 1.29 is 14.3 Å². The molecule has 0 aromatic carbocycles. The maximum absolute atomic E-state index is 12.4. The summed E-state index contributed by atoms with van der Waals surface area (Å²) in [6.07, 6.45) is 1.43. The van der Waals surface area contributed by atoms with Gasteiger partial charge in [-0.2, -0.15) is 0 Å². The molecule has 112 valence electrons. The van der Waals surface area contributed by atoms with Gasteiger partial charge in [0.2, 0.25) is 0 Å². The topological polar surface area (TPSA) is 89.7 Å². The maximum atomic E-state index is 12.4. The van der Waals surface area contributed by atoms with E-state index in [1.54, 1.807) is 19.1 Å². The number of carbonyl (C=O) groups excluding carboxylic acids is 1. The lowest BCUT2D eigenvalue weighted by Crippen LogP contribution is -2.36. The molecule has 0 aliphatic rings. The number of aromatic nitrogens is 1. The summed E-state index contributed by atoms with van der Waals surface area (Å²) in [6, 6.07) is 1.53. The van der Waals surface area contributed by atoms with Crippen molar-refractivity contribution in [3.8, 4) is 0 Å². The smallest absolute Gasteiger partial charge is 0.255 e. The van der Waals surface area contributed by atoms with E-state index in [-0.39, 0.29) is 10.9 Å². The van der Waals surface area contributed by atoms with Crippen molar-refractivity contribution in [3.63, 3.8) is 0 Å². The fourth-order valence-electron chi connectivity index (χ4n) is 1.56. The maximum Gasteiger partial charge on any atom is 0.255 e. The van der Waals surface area contributed by atoms with Crippen LogP contribution in [0.2, 0.25) is 5.02 Å². The zero-order chi connectivity index (χ0) is 15.0. The first kappa shape index (κ1) is 16.6. The van der Waals surface area contributed by atoms with Gasteiger partial charge in [-0.15, -0.1) is 0 Å². The van der Waals surface area contributed by atoms with Crippen LogP contribution in [0.25, 0.3) is 0 Å². The highest BCUT2D eigenvalue weighted by Gasteiger charge is 2.17. The minimum absolute atomic E-state index is 0.183. The largest absolute Gasteiger partial charge is 0.383 e. The van der Waals surface area contributed by atoms with E-state index >= 15 is 0 Å². The number of rotatable bonds is 8. The number of nitrogens with zero attached hydrogens (tertiary/aromatic N) is 2. The molecule has 0 aliphatic heterocycles. The number of ether oxygens (including phenoxy) is 2. The normalized spacial score (nSPS) is 10.4. The molecule has 0 spiro atoms. The molecule has 0 unspecified atom stereocenters. The number of pyridine rings is 1. The molecule has 3 N–H and O–H groups in total. The standard InChI is InChI=1S/C12H19ClN4O3/c1-19-5-3-17(4-6-20-2)12(18)9-7-10(13)11(16-14)15-8-9/h7-8H,3-6,14H2,1-2H3,(H,15,16). The van der Waals surface area contributed by atoms with Crippen molar-refractivity contribution >= 4 is 23.3 Å². The van der Waals surface area contributed by atoms with Crippen molar-refractivity contribution in [2.45, 2.75) is 0 Å². The Balaban J connectivity index is 2.84. The van der Waals surface area contributed by atoms with E-state index in [1.807, 2.05) is 0 Å². The van der Waals surface area contributed by atoms with Gasteiger partial charge < -0.3 is 19.8 Å². The molecular weight excluding hydrogens is 284 g/mol. The van der Waals surface area contributed by atoms with Crippen LogP contribution in [0, 0.1) is 0 Å². The predicted octanol–water partition coefficient (Wildman–Crippen LogP) is 0.756. The fourth-order valence-corrected chi connectivity index (χ4v) is 1.78. The van der Waals surface area contributed by atoms with Crippen LogP contribution in [-0.4, -0.2) is 56.3 Å². The second kappa shape index (κ2) is 8.70. The number of hydrogen-bond donors (Lipinski definition) is 2. The van der Waals surface area contributed by atoms with Crippen molar-refractivity contribution in [1.29, 1.82) is 0 Å². The molecule has 7 nitrogen and oxygen atoms in total. The highest BCUT2D eigenvalue weighted by molar-refractivity contribution is 6.33. The van der Waals surface area contributed by atoms with Gasteiger partial charge in [-0.1, -0.05) is 11.6 Å². The zero-order valence-corrected chi connectivity index (χ0v) is 12.3. The summed E-state index contributed by atoms with van der Waals surface area (Å²) in [6.45, 7) is 1.82. The zero-order valence-electron chi connectivity index (χ0n) is 11.6. The molecular formula is C12H19ClN4O3. The van der Waals surface area contributed by atoms with Crippen molar-refractivity contribution in [2.24, 2.45) is 5.84 Å². The number of anilines is 1. The molecule has 0 fully saturated rings. The Hall–Kier alpha value is -1.41. The lowest BCUT2D eigenvalue weighted by atomic mass is 10.2. The Bertz CT molecular complexity index is 437. The summed E-state index contributed by atoms with van der Waals surface area (Å²) in [4.78, 5) is 18.0. The third kappa shape index (κ3) is 4.61. The van der Waals surface area contributed by atoms with Gasteiger partial charge in [-0.05, 0) is 6.07 Å². The summed E-state index contributed by atoms with van der Waals surface area (Å²) < 4.78 is 9.99. The number of amides is 1. The van der Waals surface area contributed by atoms with Crippen LogP contribution in [0.5, 0.6) is 0 Å². The molecule has 0 aliphatic carbocycles. The molecule has 1 aromatic heterocycles. The van der Waals surface area contributed by atoms with E-state index in [4.69, 9.17) is 26.9 Å². The van der Waals surface area contributed by atoms with Gasteiger partial charge in [0.15, 0.2) is 5.82 Å². The summed E-state index contributed by atoms with van der Waals surface area (Å²) in [5.74, 6) is 5.38. The van der Waals surface area contributed by atoms with Gasteiger partial charge >= 0.3 is 0 Å². The summed E-state index contributed by atoms with van der Waals surface area (Å²) in [7, 11) is 3.16. The first-order valence-corrected chi connectivity index (χ1v) is 6.41. The molecule has 1 amide bonds. The highest BCUT2D eigenvalue weighted by Crippen LogP contribution is 2.19. The number of nitrogen functional groups attached to an aromatic ring is 1.